The molecule has 198 valence electrons. The van der Waals surface area contributed by atoms with Gasteiger partial charge in [0.05, 0.1) is 24.1 Å². The first-order valence-corrected chi connectivity index (χ1v) is 13.8. The lowest BCUT2D eigenvalue weighted by molar-refractivity contribution is 0.0956. The maximum Gasteiger partial charge on any atom is 0.273 e. The van der Waals surface area contributed by atoms with Crippen molar-refractivity contribution in [2.75, 3.05) is 35.7 Å². The van der Waals surface area contributed by atoms with Crippen LogP contribution in [0.3, 0.4) is 0 Å². The third-order valence-electron chi connectivity index (χ3n) is 6.16. The highest BCUT2D eigenvalue weighted by atomic mass is 32.2. The van der Waals surface area contributed by atoms with E-state index in [9.17, 15) is 14.0 Å². The highest BCUT2D eigenvalue weighted by Gasteiger charge is 2.18. The average molecular weight is 535 g/mol. The number of nitrogens with one attached hydrogen (secondary N) is 2. The zero-order valence-corrected chi connectivity index (χ0v) is 21.8. The predicted molar refractivity (Wildman–Crippen MR) is 152 cm³/mol. The van der Waals surface area contributed by atoms with Gasteiger partial charge < -0.3 is 15.3 Å². The van der Waals surface area contributed by atoms with Crippen molar-refractivity contribution >= 4 is 41.2 Å². The van der Waals surface area contributed by atoms with Crippen molar-refractivity contribution in [3.63, 3.8) is 0 Å². The second-order valence-electron chi connectivity index (χ2n) is 8.96. The van der Waals surface area contributed by atoms with E-state index in [1.165, 1.54) is 24.8 Å². The van der Waals surface area contributed by atoms with Crippen LogP contribution in [0.2, 0.25) is 0 Å². The highest BCUT2D eigenvalue weighted by Crippen LogP contribution is 2.27. The van der Waals surface area contributed by atoms with Crippen molar-refractivity contribution in [1.82, 2.24) is 5.43 Å². The molecular formula is C29H31FN4O3S. The summed E-state index contributed by atoms with van der Waals surface area (Å²) in [5.41, 5.74) is 6.21. The molecule has 7 nitrogen and oxygen atoms in total. The summed E-state index contributed by atoms with van der Waals surface area (Å²) in [6, 6.07) is 18.5. The molecule has 3 aromatic rings. The van der Waals surface area contributed by atoms with Crippen molar-refractivity contribution in [3.05, 3.63) is 94.8 Å². The number of hydrogen-bond acceptors (Lipinski definition) is 6. The first-order valence-electron chi connectivity index (χ1n) is 12.6. The van der Waals surface area contributed by atoms with E-state index < -0.39 is 5.91 Å². The van der Waals surface area contributed by atoms with E-state index in [0.717, 1.165) is 37.2 Å². The Morgan fingerprint density at radius 3 is 2.55 bits per heavy atom. The molecule has 0 saturated carbocycles. The fraction of sp³-hybridized carbons (Fsp3) is 0.276. The van der Waals surface area contributed by atoms with E-state index >= 15 is 0 Å². The molecule has 38 heavy (non-hydrogen) atoms. The molecule has 0 aliphatic carbocycles. The highest BCUT2D eigenvalue weighted by molar-refractivity contribution is 7.98. The Balaban J connectivity index is 1.54. The number of hydrogen-bond donors (Lipinski definition) is 3. The summed E-state index contributed by atoms with van der Waals surface area (Å²) in [6.07, 6.45) is 4.81. The molecule has 0 unspecified atom stereocenters. The van der Waals surface area contributed by atoms with Gasteiger partial charge in [0.25, 0.3) is 11.8 Å². The monoisotopic (exact) mass is 534 g/mol. The smallest absolute Gasteiger partial charge is 0.273 e. The lowest BCUT2D eigenvalue weighted by Crippen LogP contribution is -2.30. The van der Waals surface area contributed by atoms with Crippen LogP contribution in [0.15, 0.2) is 71.8 Å². The Morgan fingerprint density at radius 2 is 1.79 bits per heavy atom. The standard InChI is InChI=1S/C29H31FN4O3S/c30-24-9-7-21(8-10-24)19-31-33-29(37)26-18-25(34-13-2-1-3-14-34)11-12-27(26)32-28(36)23-6-4-5-22(17-23)20-38-16-15-35/h4-12,17-19,35H,1-3,13-16,20H2,(H,32,36)(H,33,37)/b31-19+. The quantitative estimate of drug-likeness (QED) is 0.192. The summed E-state index contributed by atoms with van der Waals surface area (Å²) >= 11 is 1.59. The maximum atomic E-state index is 13.2. The number of anilines is 2. The van der Waals surface area contributed by atoms with Gasteiger partial charge in [0.15, 0.2) is 0 Å². The van der Waals surface area contributed by atoms with Gasteiger partial charge in [-0.25, -0.2) is 9.82 Å². The van der Waals surface area contributed by atoms with E-state index in [2.05, 4.69) is 20.7 Å². The van der Waals surface area contributed by atoms with Gasteiger partial charge in [-0.05, 0) is 72.9 Å². The Hall–Kier alpha value is -3.69. The topological polar surface area (TPSA) is 94.0 Å². The number of halogens is 1. The van der Waals surface area contributed by atoms with E-state index in [4.69, 9.17) is 5.11 Å². The number of aliphatic hydroxyl groups excluding tert-OH is 1. The van der Waals surface area contributed by atoms with Gasteiger partial charge in [0.2, 0.25) is 0 Å². The first-order chi connectivity index (χ1) is 18.5. The number of thioether (sulfide) groups is 1. The summed E-state index contributed by atoms with van der Waals surface area (Å²) in [7, 11) is 0. The van der Waals surface area contributed by atoms with Crippen LogP contribution in [0.4, 0.5) is 15.8 Å². The van der Waals surface area contributed by atoms with Crippen LogP contribution in [0.1, 0.15) is 51.1 Å². The summed E-state index contributed by atoms with van der Waals surface area (Å²) < 4.78 is 13.1. The molecule has 1 aliphatic heterocycles. The number of amides is 2. The molecule has 1 heterocycles. The lowest BCUT2D eigenvalue weighted by atomic mass is 10.1. The molecule has 1 aliphatic rings. The molecule has 0 aromatic heterocycles. The summed E-state index contributed by atoms with van der Waals surface area (Å²) in [4.78, 5) is 28.5. The maximum absolute atomic E-state index is 13.2. The molecular weight excluding hydrogens is 503 g/mol. The Bertz CT molecular complexity index is 1280. The van der Waals surface area contributed by atoms with Crippen LogP contribution in [0.25, 0.3) is 0 Å². The second-order valence-corrected chi connectivity index (χ2v) is 10.1. The van der Waals surface area contributed by atoms with Crippen LogP contribution in [0.5, 0.6) is 0 Å². The fourth-order valence-corrected chi connectivity index (χ4v) is 4.89. The zero-order valence-electron chi connectivity index (χ0n) is 21.0. The minimum Gasteiger partial charge on any atom is -0.396 e. The molecule has 2 amide bonds. The number of nitrogens with zero attached hydrogens (tertiary/aromatic N) is 2. The third-order valence-corrected chi connectivity index (χ3v) is 7.17. The van der Waals surface area contributed by atoms with Gasteiger partial charge in [-0.1, -0.05) is 24.3 Å². The molecule has 3 N–H and O–H groups in total. The van der Waals surface area contributed by atoms with Gasteiger partial charge in [-0.15, -0.1) is 0 Å². The molecule has 0 atom stereocenters. The molecule has 0 spiro atoms. The fourth-order valence-electron chi connectivity index (χ4n) is 4.20. The number of carbonyl (C=O) groups excluding carboxylic acids is 2. The van der Waals surface area contributed by atoms with Crippen molar-refractivity contribution in [2.24, 2.45) is 5.10 Å². The summed E-state index contributed by atoms with van der Waals surface area (Å²) in [5, 5.41) is 15.9. The number of hydrazone groups is 1. The number of aliphatic hydroxyl groups is 1. The molecule has 0 radical (unpaired) electrons. The van der Waals surface area contributed by atoms with Crippen LogP contribution in [-0.2, 0) is 5.75 Å². The number of piperidine rings is 1. The number of benzene rings is 3. The van der Waals surface area contributed by atoms with Crippen molar-refractivity contribution in [2.45, 2.75) is 25.0 Å². The minimum atomic E-state index is -0.466. The largest absolute Gasteiger partial charge is 0.396 e. The van der Waals surface area contributed by atoms with Crippen LogP contribution in [0, 0.1) is 5.82 Å². The molecule has 1 fully saturated rings. The van der Waals surface area contributed by atoms with Crippen LogP contribution >= 0.6 is 11.8 Å². The molecule has 1 saturated heterocycles. The van der Waals surface area contributed by atoms with E-state index in [1.54, 1.807) is 42.1 Å². The Labute approximate surface area is 226 Å². The third kappa shape index (κ3) is 7.66. The Kier molecular flexibility index (Phi) is 9.89. The summed E-state index contributed by atoms with van der Waals surface area (Å²) in [6.45, 7) is 1.93. The van der Waals surface area contributed by atoms with Gasteiger partial charge in [0.1, 0.15) is 5.82 Å². The van der Waals surface area contributed by atoms with E-state index in [-0.39, 0.29) is 18.3 Å². The molecule has 3 aromatic carbocycles. The van der Waals surface area contributed by atoms with E-state index in [0.29, 0.717) is 33.9 Å². The normalized spacial score (nSPS) is 13.5. The first kappa shape index (κ1) is 27.3. The molecule has 4 rings (SSSR count). The van der Waals surface area contributed by atoms with Gasteiger partial charge in [-0.3, -0.25) is 9.59 Å². The summed E-state index contributed by atoms with van der Waals surface area (Å²) in [5.74, 6) is 0.171. The van der Waals surface area contributed by atoms with Gasteiger partial charge >= 0.3 is 0 Å². The van der Waals surface area contributed by atoms with Crippen molar-refractivity contribution in [3.8, 4) is 0 Å². The van der Waals surface area contributed by atoms with E-state index in [1.807, 2.05) is 24.3 Å². The van der Waals surface area contributed by atoms with Crippen LogP contribution in [-0.4, -0.2) is 48.6 Å². The van der Waals surface area contributed by atoms with Crippen molar-refractivity contribution < 1.29 is 19.1 Å². The van der Waals surface area contributed by atoms with Crippen molar-refractivity contribution in [1.29, 1.82) is 0 Å². The second kappa shape index (κ2) is 13.7. The SMILES string of the molecule is O=C(Nc1ccc(N2CCCCC2)cc1C(=O)N/N=C/c1ccc(F)cc1)c1cccc(CSCCO)c1. The molecule has 0 bridgehead atoms. The van der Waals surface area contributed by atoms with Gasteiger partial charge in [-0.2, -0.15) is 16.9 Å². The van der Waals surface area contributed by atoms with Crippen LogP contribution < -0.4 is 15.6 Å². The lowest BCUT2D eigenvalue weighted by Gasteiger charge is -2.29. The zero-order chi connectivity index (χ0) is 26.7. The number of rotatable bonds is 10. The van der Waals surface area contributed by atoms with Gasteiger partial charge in [0, 0.05) is 35.8 Å². The molecule has 9 heteroatoms. The Morgan fingerprint density at radius 1 is 1.00 bits per heavy atom. The predicted octanol–water partition coefficient (Wildman–Crippen LogP) is 5.06. The minimum absolute atomic E-state index is 0.108. The number of carbonyl (C=O) groups is 2. The average Bonchev–Trinajstić information content (AvgIpc) is 2.95.